The summed E-state index contributed by atoms with van der Waals surface area (Å²) in [6.07, 6.45) is 0.970. The molecule has 0 aliphatic heterocycles. The Hall–Kier alpha value is -3.08. The summed E-state index contributed by atoms with van der Waals surface area (Å²) in [5.41, 5.74) is 6.63. The first-order valence-corrected chi connectivity index (χ1v) is 9.22. The van der Waals surface area contributed by atoms with Gasteiger partial charge >= 0.3 is 0 Å². The van der Waals surface area contributed by atoms with E-state index < -0.39 is 0 Å². The Morgan fingerprint density at radius 2 is 1.67 bits per heavy atom. The van der Waals surface area contributed by atoms with Crippen molar-refractivity contribution >= 4 is 28.8 Å². The third kappa shape index (κ3) is 4.56. The highest BCUT2D eigenvalue weighted by molar-refractivity contribution is 5.66. The van der Waals surface area contributed by atoms with Crippen molar-refractivity contribution in [2.75, 3.05) is 29.6 Å². The van der Waals surface area contributed by atoms with Crippen LogP contribution in [0.25, 0.3) is 0 Å². The summed E-state index contributed by atoms with van der Waals surface area (Å²) in [7, 11) is 4.06. The van der Waals surface area contributed by atoms with Crippen molar-refractivity contribution in [3.05, 3.63) is 65.4 Å². The minimum absolute atomic E-state index is 0.585. The van der Waals surface area contributed by atoms with E-state index in [1.54, 1.807) is 0 Å². The molecule has 0 atom stereocenters. The van der Waals surface area contributed by atoms with Crippen LogP contribution in [0.1, 0.15) is 23.7 Å². The third-order valence-corrected chi connectivity index (χ3v) is 4.49. The number of hydrogen-bond donors (Lipinski definition) is 2. The van der Waals surface area contributed by atoms with Gasteiger partial charge in [-0.1, -0.05) is 25.1 Å². The second-order valence-corrected chi connectivity index (χ2v) is 6.87. The molecule has 0 saturated heterocycles. The topological polar surface area (TPSA) is 53.1 Å². The van der Waals surface area contributed by atoms with Gasteiger partial charge in [0, 0.05) is 42.9 Å². The first-order chi connectivity index (χ1) is 13.0. The molecule has 27 heavy (non-hydrogen) atoms. The molecule has 140 valence electrons. The quantitative estimate of drug-likeness (QED) is 0.631. The first-order valence-electron chi connectivity index (χ1n) is 9.22. The van der Waals surface area contributed by atoms with Crippen LogP contribution < -0.4 is 15.5 Å². The van der Waals surface area contributed by atoms with Gasteiger partial charge in [0.05, 0.1) is 0 Å². The summed E-state index contributed by atoms with van der Waals surface area (Å²) >= 11 is 0. The van der Waals surface area contributed by atoms with Crippen LogP contribution >= 0.6 is 0 Å². The van der Waals surface area contributed by atoms with Crippen molar-refractivity contribution in [2.24, 2.45) is 0 Å². The molecule has 0 spiro atoms. The zero-order chi connectivity index (χ0) is 19.4. The Morgan fingerprint density at radius 3 is 2.33 bits per heavy atom. The number of aryl methyl sites for hydroxylation is 3. The zero-order valence-electron chi connectivity index (χ0n) is 16.7. The van der Waals surface area contributed by atoms with Gasteiger partial charge in [0.2, 0.25) is 5.95 Å². The molecule has 2 aromatic carbocycles. The van der Waals surface area contributed by atoms with E-state index in [2.05, 4.69) is 69.7 Å². The van der Waals surface area contributed by atoms with Crippen molar-refractivity contribution in [3.8, 4) is 0 Å². The lowest BCUT2D eigenvalue weighted by atomic mass is 10.1. The van der Waals surface area contributed by atoms with Gasteiger partial charge in [-0.2, -0.15) is 4.98 Å². The van der Waals surface area contributed by atoms with Crippen LogP contribution in [0.4, 0.5) is 28.8 Å². The number of anilines is 5. The Bertz CT molecular complexity index is 916. The van der Waals surface area contributed by atoms with Crippen LogP contribution in [0.3, 0.4) is 0 Å². The molecule has 2 N–H and O–H groups in total. The van der Waals surface area contributed by atoms with E-state index in [9.17, 15) is 0 Å². The standard InChI is InChI=1S/C22H27N5/c1-6-17-9-7-8-15(2)21(17)25-20-14-16(3)23-22(26-20)24-18-10-12-19(13-11-18)27(4)5/h7-14H,6H2,1-5H3,(H2,23,24,25,26). The molecule has 0 saturated carbocycles. The van der Waals surface area contributed by atoms with Crippen molar-refractivity contribution in [1.82, 2.24) is 9.97 Å². The molecule has 3 rings (SSSR count). The zero-order valence-corrected chi connectivity index (χ0v) is 16.7. The van der Waals surface area contributed by atoms with Crippen LogP contribution in [0, 0.1) is 13.8 Å². The predicted molar refractivity (Wildman–Crippen MR) is 115 cm³/mol. The highest BCUT2D eigenvalue weighted by Gasteiger charge is 2.08. The van der Waals surface area contributed by atoms with E-state index in [0.717, 1.165) is 35.0 Å². The molecule has 1 aromatic heterocycles. The van der Waals surface area contributed by atoms with Gasteiger partial charge in [0.25, 0.3) is 0 Å². The highest BCUT2D eigenvalue weighted by Crippen LogP contribution is 2.26. The molecule has 1 heterocycles. The Morgan fingerprint density at radius 1 is 0.926 bits per heavy atom. The average molecular weight is 361 g/mol. The fourth-order valence-corrected chi connectivity index (χ4v) is 2.99. The number of aromatic nitrogens is 2. The number of nitrogens with one attached hydrogen (secondary N) is 2. The van der Waals surface area contributed by atoms with Gasteiger partial charge in [-0.05, 0) is 55.7 Å². The van der Waals surface area contributed by atoms with Gasteiger partial charge in [-0.25, -0.2) is 4.98 Å². The number of benzene rings is 2. The van der Waals surface area contributed by atoms with Gasteiger partial charge in [0.1, 0.15) is 5.82 Å². The lowest BCUT2D eigenvalue weighted by Crippen LogP contribution is -2.08. The molecule has 0 bridgehead atoms. The van der Waals surface area contributed by atoms with Gasteiger partial charge in [-0.3, -0.25) is 0 Å². The van der Waals surface area contributed by atoms with Crippen molar-refractivity contribution in [1.29, 1.82) is 0 Å². The van der Waals surface area contributed by atoms with E-state index in [1.165, 1.54) is 11.1 Å². The van der Waals surface area contributed by atoms with Crippen LogP contribution in [-0.2, 0) is 6.42 Å². The van der Waals surface area contributed by atoms with Crippen molar-refractivity contribution in [2.45, 2.75) is 27.2 Å². The number of rotatable bonds is 6. The van der Waals surface area contributed by atoms with Gasteiger partial charge in [-0.15, -0.1) is 0 Å². The van der Waals surface area contributed by atoms with E-state index in [4.69, 9.17) is 0 Å². The Balaban J connectivity index is 1.84. The van der Waals surface area contributed by atoms with Gasteiger partial charge in [0.15, 0.2) is 0 Å². The normalized spacial score (nSPS) is 10.6. The van der Waals surface area contributed by atoms with Crippen LogP contribution in [0.15, 0.2) is 48.5 Å². The molecule has 0 aliphatic carbocycles. The Kier molecular flexibility index (Phi) is 5.60. The fourth-order valence-electron chi connectivity index (χ4n) is 2.99. The van der Waals surface area contributed by atoms with Crippen LogP contribution in [0.5, 0.6) is 0 Å². The SMILES string of the molecule is CCc1cccc(C)c1Nc1cc(C)nc(Nc2ccc(N(C)C)cc2)n1. The number of nitrogens with zero attached hydrogens (tertiary/aromatic N) is 3. The summed E-state index contributed by atoms with van der Waals surface area (Å²) in [6, 6.07) is 16.5. The largest absolute Gasteiger partial charge is 0.378 e. The van der Waals surface area contributed by atoms with Crippen molar-refractivity contribution in [3.63, 3.8) is 0 Å². The minimum Gasteiger partial charge on any atom is -0.378 e. The smallest absolute Gasteiger partial charge is 0.229 e. The lowest BCUT2D eigenvalue weighted by molar-refractivity contribution is 1.09. The second kappa shape index (κ2) is 8.08. The van der Waals surface area contributed by atoms with E-state index in [0.29, 0.717) is 5.95 Å². The maximum absolute atomic E-state index is 4.65. The molecule has 0 aliphatic rings. The summed E-state index contributed by atoms with van der Waals surface area (Å²) in [6.45, 7) is 6.25. The molecule has 0 amide bonds. The summed E-state index contributed by atoms with van der Waals surface area (Å²) in [4.78, 5) is 11.2. The lowest BCUT2D eigenvalue weighted by Gasteiger charge is -2.15. The maximum Gasteiger partial charge on any atom is 0.229 e. The summed E-state index contributed by atoms with van der Waals surface area (Å²) in [5.74, 6) is 1.38. The van der Waals surface area contributed by atoms with Crippen LogP contribution in [0.2, 0.25) is 0 Å². The number of para-hydroxylation sites is 1. The fraction of sp³-hybridized carbons (Fsp3) is 0.273. The predicted octanol–water partition coefficient (Wildman–Crippen LogP) is 5.21. The highest BCUT2D eigenvalue weighted by atomic mass is 15.1. The van der Waals surface area contributed by atoms with E-state index in [1.807, 2.05) is 39.2 Å². The molecule has 3 aromatic rings. The molecule has 5 heteroatoms. The summed E-state index contributed by atoms with van der Waals surface area (Å²) < 4.78 is 0. The second-order valence-electron chi connectivity index (χ2n) is 6.87. The molecule has 5 nitrogen and oxygen atoms in total. The van der Waals surface area contributed by atoms with E-state index in [-0.39, 0.29) is 0 Å². The molecule has 0 unspecified atom stereocenters. The molecule has 0 fully saturated rings. The summed E-state index contributed by atoms with van der Waals surface area (Å²) in [5, 5.41) is 6.78. The maximum atomic E-state index is 4.65. The molecular formula is C22H27N5. The van der Waals surface area contributed by atoms with Crippen molar-refractivity contribution < 1.29 is 0 Å². The minimum atomic E-state index is 0.585. The number of hydrogen-bond acceptors (Lipinski definition) is 5. The molecule has 0 radical (unpaired) electrons. The third-order valence-electron chi connectivity index (χ3n) is 4.49. The van der Waals surface area contributed by atoms with Gasteiger partial charge < -0.3 is 15.5 Å². The van der Waals surface area contributed by atoms with Crippen LogP contribution in [-0.4, -0.2) is 24.1 Å². The van der Waals surface area contributed by atoms with E-state index >= 15 is 0 Å². The first kappa shape index (κ1) is 18.7. The monoisotopic (exact) mass is 361 g/mol. The average Bonchev–Trinajstić information content (AvgIpc) is 2.63. The molecular weight excluding hydrogens is 334 g/mol. The Labute approximate surface area is 161 Å².